The quantitative estimate of drug-likeness (QED) is 0.824. The first-order chi connectivity index (χ1) is 10.9. The minimum absolute atomic E-state index is 0.0108. The molecule has 2 aliphatic rings. The number of carbonyl (C=O) groups is 2. The maximum absolute atomic E-state index is 12.9. The lowest BCUT2D eigenvalue weighted by molar-refractivity contribution is -0.142. The van der Waals surface area contributed by atoms with Crippen LogP contribution in [0.1, 0.15) is 29.6 Å². The third kappa shape index (κ3) is 2.51. The number of benzene rings is 1. The molecule has 0 saturated carbocycles. The molecular weight excluding hydrogens is 322 g/mol. The molecule has 1 N–H and O–H groups in total. The number of carboxylic acid groups (broad SMARTS) is 1. The Morgan fingerprint density at radius 3 is 2.65 bits per heavy atom. The van der Waals surface area contributed by atoms with Crippen LogP contribution in [-0.2, 0) is 19.6 Å². The summed E-state index contributed by atoms with van der Waals surface area (Å²) < 4.78 is 31.7. The Balaban J connectivity index is 1.97. The molecule has 2 aliphatic heterocycles. The van der Waals surface area contributed by atoms with Crippen LogP contribution in [0.4, 0.5) is 0 Å². The molecule has 0 spiro atoms. The average molecular weight is 339 g/mol. The van der Waals surface area contributed by atoms with Gasteiger partial charge in [0.05, 0.1) is 23.5 Å². The Labute approximate surface area is 133 Å². The van der Waals surface area contributed by atoms with E-state index in [0.717, 1.165) is 0 Å². The first-order valence-electron chi connectivity index (χ1n) is 7.31. The monoisotopic (exact) mass is 339 g/mol. The number of hydrogen-bond donors (Lipinski definition) is 1. The van der Waals surface area contributed by atoms with Crippen LogP contribution < -0.4 is 0 Å². The maximum atomic E-state index is 12.9. The summed E-state index contributed by atoms with van der Waals surface area (Å²) in [4.78, 5) is 22.9. The van der Waals surface area contributed by atoms with Crippen LogP contribution in [0.5, 0.6) is 0 Å². The molecule has 0 radical (unpaired) electrons. The van der Waals surface area contributed by atoms with Gasteiger partial charge in [-0.05, 0) is 37.5 Å². The highest BCUT2D eigenvalue weighted by atomic mass is 32.2. The number of nitrogens with zero attached hydrogens (tertiary/aromatic N) is 1. The molecule has 3 rings (SSSR count). The topological polar surface area (TPSA) is 101 Å². The van der Waals surface area contributed by atoms with Crippen LogP contribution in [0.2, 0.25) is 0 Å². The highest BCUT2D eigenvalue weighted by Gasteiger charge is 2.54. The third-order valence-corrected chi connectivity index (χ3v) is 6.59. The first kappa shape index (κ1) is 15.9. The standard InChI is InChI=1S/C15H17NO6S/c1-22-15(19)9-3-2-4-11(7-9)23(20,21)16-10-5-6-13(16)12(8-10)14(17)18/h2-4,7,10,12-13H,5-6,8H2,1H3,(H,17,18). The molecule has 3 unspecified atom stereocenters. The molecule has 124 valence electrons. The van der Waals surface area contributed by atoms with Gasteiger partial charge in [-0.2, -0.15) is 4.31 Å². The molecule has 2 fully saturated rings. The predicted octanol–water partition coefficient (Wildman–Crippen LogP) is 1.10. The SMILES string of the molecule is COC(=O)c1cccc(S(=O)(=O)N2C3CCC2C(C(=O)O)C3)c1. The van der Waals surface area contributed by atoms with E-state index in [1.54, 1.807) is 0 Å². The van der Waals surface area contributed by atoms with Crippen molar-refractivity contribution < 1.29 is 27.9 Å². The molecule has 1 aromatic rings. The van der Waals surface area contributed by atoms with E-state index in [1.165, 1.54) is 35.7 Å². The molecule has 0 aliphatic carbocycles. The zero-order valence-corrected chi connectivity index (χ0v) is 13.3. The van der Waals surface area contributed by atoms with Gasteiger partial charge in [0.1, 0.15) is 0 Å². The van der Waals surface area contributed by atoms with Gasteiger partial charge in [-0.3, -0.25) is 4.79 Å². The number of esters is 1. The summed E-state index contributed by atoms with van der Waals surface area (Å²) in [5.74, 6) is -2.23. The fraction of sp³-hybridized carbons (Fsp3) is 0.467. The maximum Gasteiger partial charge on any atom is 0.337 e. The number of fused-ring (bicyclic) bond motifs is 2. The van der Waals surface area contributed by atoms with Crippen molar-refractivity contribution >= 4 is 22.0 Å². The molecule has 3 atom stereocenters. The number of rotatable bonds is 4. The molecule has 0 aromatic heterocycles. The molecule has 2 saturated heterocycles. The molecule has 23 heavy (non-hydrogen) atoms. The summed E-state index contributed by atoms with van der Waals surface area (Å²) in [5.41, 5.74) is 0.148. The first-order valence-corrected chi connectivity index (χ1v) is 8.75. The Hall–Kier alpha value is -1.93. The second-order valence-corrected chi connectivity index (χ2v) is 7.68. The smallest absolute Gasteiger partial charge is 0.337 e. The van der Waals surface area contributed by atoms with E-state index in [1.807, 2.05) is 0 Å². The van der Waals surface area contributed by atoms with Crippen molar-refractivity contribution in [2.75, 3.05) is 7.11 Å². The van der Waals surface area contributed by atoms with Crippen LogP contribution in [0.15, 0.2) is 29.2 Å². The summed E-state index contributed by atoms with van der Waals surface area (Å²) in [5, 5.41) is 9.26. The summed E-state index contributed by atoms with van der Waals surface area (Å²) in [6.07, 6.45) is 1.57. The second-order valence-electron chi connectivity index (χ2n) is 5.83. The zero-order valence-electron chi connectivity index (χ0n) is 12.5. The molecule has 2 heterocycles. The lowest BCUT2D eigenvalue weighted by Gasteiger charge is -2.22. The molecular formula is C15H17NO6S. The number of carbonyl (C=O) groups excluding carboxylic acids is 1. The van der Waals surface area contributed by atoms with Crippen molar-refractivity contribution in [3.05, 3.63) is 29.8 Å². The predicted molar refractivity (Wildman–Crippen MR) is 79.4 cm³/mol. The molecule has 7 nitrogen and oxygen atoms in total. The number of aliphatic carboxylic acids is 1. The van der Waals surface area contributed by atoms with Gasteiger partial charge in [-0.1, -0.05) is 6.07 Å². The van der Waals surface area contributed by atoms with Gasteiger partial charge < -0.3 is 9.84 Å². The van der Waals surface area contributed by atoms with Crippen LogP contribution in [0.25, 0.3) is 0 Å². The van der Waals surface area contributed by atoms with Crippen molar-refractivity contribution in [3.63, 3.8) is 0 Å². The zero-order chi connectivity index (χ0) is 16.8. The molecule has 0 amide bonds. The molecule has 1 aromatic carbocycles. The second kappa shape index (κ2) is 5.61. The summed E-state index contributed by atoms with van der Waals surface area (Å²) in [7, 11) is -2.62. The van der Waals surface area contributed by atoms with E-state index in [0.29, 0.717) is 19.3 Å². The molecule has 2 bridgehead atoms. The fourth-order valence-electron chi connectivity index (χ4n) is 3.60. The normalized spacial score (nSPS) is 27.1. The van der Waals surface area contributed by atoms with Crippen LogP contribution in [0, 0.1) is 5.92 Å². The number of carboxylic acids is 1. The van der Waals surface area contributed by atoms with Gasteiger partial charge in [0.15, 0.2) is 0 Å². The van der Waals surface area contributed by atoms with Crippen LogP contribution in [-0.4, -0.2) is 49.0 Å². The number of hydrogen-bond acceptors (Lipinski definition) is 5. The molecule has 8 heteroatoms. The van der Waals surface area contributed by atoms with E-state index in [-0.39, 0.29) is 16.5 Å². The number of ether oxygens (including phenoxy) is 1. The van der Waals surface area contributed by atoms with Crippen molar-refractivity contribution in [3.8, 4) is 0 Å². The van der Waals surface area contributed by atoms with Crippen molar-refractivity contribution in [2.45, 2.75) is 36.2 Å². The lowest BCUT2D eigenvalue weighted by atomic mass is 9.89. The van der Waals surface area contributed by atoms with Gasteiger partial charge in [0, 0.05) is 12.1 Å². The van der Waals surface area contributed by atoms with Crippen molar-refractivity contribution in [1.82, 2.24) is 4.31 Å². The lowest BCUT2D eigenvalue weighted by Crippen LogP contribution is -2.37. The van der Waals surface area contributed by atoms with Crippen LogP contribution >= 0.6 is 0 Å². The Kier molecular flexibility index (Phi) is 3.89. The van der Waals surface area contributed by atoms with Gasteiger partial charge >= 0.3 is 11.9 Å². The third-order valence-electron chi connectivity index (χ3n) is 4.62. The van der Waals surface area contributed by atoms with Gasteiger partial charge in [-0.25, -0.2) is 13.2 Å². The Morgan fingerprint density at radius 2 is 2.04 bits per heavy atom. The summed E-state index contributed by atoms with van der Waals surface area (Å²) in [6.45, 7) is 0. The van der Waals surface area contributed by atoms with Gasteiger partial charge in [0.2, 0.25) is 10.0 Å². The number of sulfonamides is 1. The van der Waals surface area contributed by atoms with E-state index in [2.05, 4.69) is 4.74 Å². The minimum atomic E-state index is -3.84. The highest BCUT2D eigenvalue weighted by molar-refractivity contribution is 7.89. The fourth-order valence-corrected chi connectivity index (χ4v) is 5.56. The highest BCUT2D eigenvalue weighted by Crippen LogP contribution is 2.45. The van der Waals surface area contributed by atoms with E-state index >= 15 is 0 Å². The van der Waals surface area contributed by atoms with Crippen molar-refractivity contribution in [2.24, 2.45) is 5.92 Å². The average Bonchev–Trinajstić information content (AvgIpc) is 3.13. The van der Waals surface area contributed by atoms with E-state index < -0.39 is 33.9 Å². The van der Waals surface area contributed by atoms with Gasteiger partial charge in [0.25, 0.3) is 0 Å². The Morgan fingerprint density at radius 1 is 1.30 bits per heavy atom. The van der Waals surface area contributed by atoms with Crippen LogP contribution in [0.3, 0.4) is 0 Å². The minimum Gasteiger partial charge on any atom is -0.481 e. The summed E-state index contributed by atoms with van der Waals surface area (Å²) in [6, 6.07) is 4.84. The van der Waals surface area contributed by atoms with E-state index in [4.69, 9.17) is 0 Å². The van der Waals surface area contributed by atoms with Gasteiger partial charge in [-0.15, -0.1) is 0 Å². The summed E-state index contributed by atoms with van der Waals surface area (Å²) >= 11 is 0. The van der Waals surface area contributed by atoms with Crippen molar-refractivity contribution in [1.29, 1.82) is 0 Å². The van der Waals surface area contributed by atoms with E-state index in [9.17, 15) is 23.1 Å². The number of methoxy groups -OCH3 is 1. The largest absolute Gasteiger partial charge is 0.481 e. The Bertz CT molecular complexity index is 759.